The summed E-state index contributed by atoms with van der Waals surface area (Å²) in [5.74, 6) is 1.07. The average Bonchev–Trinajstić information content (AvgIpc) is 3.25. The number of aryl methyl sites for hydroxylation is 3. The van der Waals surface area contributed by atoms with Crippen molar-refractivity contribution in [3.05, 3.63) is 79.9 Å². The number of benzene rings is 2. The normalized spacial score (nSPS) is 11.7. The zero-order valence-corrected chi connectivity index (χ0v) is 20.3. The van der Waals surface area contributed by atoms with Gasteiger partial charge in [0.05, 0.1) is 10.9 Å². The van der Waals surface area contributed by atoms with Gasteiger partial charge < -0.3 is 4.42 Å². The smallest absolute Gasteiger partial charge is 0.336 e. The Morgan fingerprint density at radius 3 is 2.59 bits per heavy atom. The topological polar surface area (TPSA) is 82.4 Å². The molecule has 3 aromatic heterocycles. The van der Waals surface area contributed by atoms with Crippen LogP contribution >= 0.6 is 11.8 Å². The Morgan fingerprint density at radius 1 is 0.971 bits per heavy atom. The van der Waals surface area contributed by atoms with Crippen molar-refractivity contribution >= 4 is 39.4 Å². The van der Waals surface area contributed by atoms with Gasteiger partial charge in [0, 0.05) is 23.8 Å². The number of hydrogen-bond donors (Lipinski definition) is 0. The van der Waals surface area contributed by atoms with Crippen molar-refractivity contribution in [1.29, 1.82) is 0 Å². The molecule has 34 heavy (non-hydrogen) atoms. The summed E-state index contributed by atoms with van der Waals surface area (Å²) in [6.45, 7) is 6.80. The Balaban J connectivity index is 1.60. The Kier molecular flexibility index (Phi) is 6.00. The van der Waals surface area contributed by atoms with Crippen molar-refractivity contribution in [2.24, 2.45) is 0 Å². The molecule has 5 rings (SSSR count). The molecule has 8 heteroatoms. The maximum absolute atomic E-state index is 13.2. The lowest BCUT2D eigenvalue weighted by atomic mass is 10.0. The highest BCUT2D eigenvalue weighted by Gasteiger charge is 2.17. The first-order chi connectivity index (χ1) is 16.5. The molecule has 0 aliphatic rings. The van der Waals surface area contributed by atoms with Crippen molar-refractivity contribution in [3.8, 4) is 0 Å². The van der Waals surface area contributed by atoms with Crippen LogP contribution in [-0.2, 0) is 12.3 Å². The van der Waals surface area contributed by atoms with Crippen LogP contribution in [0.2, 0.25) is 0 Å². The Labute approximate surface area is 200 Å². The Hall–Kier alpha value is -3.39. The van der Waals surface area contributed by atoms with Crippen LogP contribution in [-0.4, -0.2) is 19.2 Å². The second-order valence-corrected chi connectivity index (χ2v) is 9.55. The fourth-order valence-electron chi connectivity index (χ4n) is 4.29. The summed E-state index contributed by atoms with van der Waals surface area (Å²) in [7, 11) is 0. The van der Waals surface area contributed by atoms with E-state index in [0.717, 1.165) is 46.9 Å². The van der Waals surface area contributed by atoms with Gasteiger partial charge in [0.1, 0.15) is 5.58 Å². The first-order valence-electron chi connectivity index (χ1n) is 11.5. The van der Waals surface area contributed by atoms with Crippen LogP contribution in [0.4, 0.5) is 0 Å². The maximum atomic E-state index is 13.2. The van der Waals surface area contributed by atoms with Gasteiger partial charge in [-0.25, -0.2) is 4.79 Å². The molecule has 0 saturated carbocycles. The third-order valence-corrected chi connectivity index (χ3v) is 7.24. The van der Waals surface area contributed by atoms with Crippen molar-refractivity contribution in [1.82, 2.24) is 19.2 Å². The molecule has 0 bridgehead atoms. The number of thioether (sulfide) groups is 1. The van der Waals surface area contributed by atoms with Gasteiger partial charge in [-0.3, -0.25) is 13.8 Å². The minimum absolute atomic E-state index is 0.0411. The first-order valence-corrected chi connectivity index (χ1v) is 12.5. The molecule has 0 saturated heterocycles. The number of unbranched alkanes of at least 4 members (excludes halogenated alkanes) is 2. The lowest BCUT2D eigenvalue weighted by Gasteiger charge is -2.11. The van der Waals surface area contributed by atoms with E-state index in [0.29, 0.717) is 34.2 Å². The number of nitrogens with zero attached hydrogens (tertiary/aromatic N) is 4. The highest BCUT2D eigenvalue weighted by Crippen LogP contribution is 2.29. The van der Waals surface area contributed by atoms with E-state index in [4.69, 9.17) is 4.42 Å². The summed E-state index contributed by atoms with van der Waals surface area (Å²) >= 11 is 1.49. The number of aromatic nitrogens is 4. The van der Waals surface area contributed by atoms with Crippen molar-refractivity contribution in [3.63, 3.8) is 0 Å². The van der Waals surface area contributed by atoms with Gasteiger partial charge in [0.2, 0.25) is 5.78 Å². The van der Waals surface area contributed by atoms with E-state index in [1.807, 2.05) is 48.6 Å². The zero-order valence-electron chi connectivity index (χ0n) is 19.5. The van der Waals surface area contributed by atoms with E-state index in [9.17, 15) is 9.59 Å². The van der Waals surface area contributed by atoms with E-state index < -0.39 is 0 Å². The van der Waals surface area contributed by atoms with Crippen LogP contribution in [0.25, 0.3) is 27.6 Å². The van der Waals surface area contributed by atoms with Crippen LogP contribution in [0.5, 0.6) is 0 Å². The first kappa shape index (κ1) is 22.4. The van der Waals surface area contributed by atoms with Crippen molar-refractivity contribution < 1.29 is 4.42 Å². The van der Waals surface area contributed by atoms with Crippen LogP contribution in [0.1, 0.15) is 42.9 Å². The lowest BCUT2D eigenvalue weighted by molar-refractivity contribution is 0.559. The summed E-state index contributed by atoms with van der Waals surface area (Å²) in [5.41, 5.74) is 4.07. The summed E-state index contributed by atoms with van der Waals surface area (Å²) in [4.78, 5) is 25.4. The lowest BCUT2D eigenvalue weighted by Crippen LogP contribution is -2.23. The quantitative estimate of drug-likeness (QED) is 0.182. The highest BCUT2D eigenvalue weighted by atomic mass is 32.2. The van der Waals surface area contributed by atoms with Crippen molar-refractivity contribution in [2.45, 2.75) is 57.5 Å². The van der Waals surface area contributed by atoms with Gasteiger partial charge in [-0.05, 0) is 61.2 Å². The second kappa shape index (κ2) is 9.10. The number of para-hydroxylation sites is 1. The van der Waals surface area contributed by atoms with Gasteiger partial charge in [0.15, 0.2) is 5.16 Å². The molecule has 0 unspecified atom stereocenters. The third kappa shape index (κ3) is 3.92. The minimum atomic E-state index is -0.368. The maximum Gasteiger partial charge on any atom is 0.336 e. The molecule has 0 atom stereocenters. The molecule has 0 amide bonds. The monoisotopic (exact) mass is 474 g/mol. The standard InChI is InChI=1S/C26H26N4O3S/c1-4-5-8-11-29-24(32)19-9-6-7-10-21(19)30-25(29)27-28-26(30)34-15-18-14-23(31)33-22-13-17(3)16(2)12-20(18)22/h6-7,9-10,12-14H,4-5,8,11,15H2,1-3H3. The molecule has 0 radical (unpaired) electrons. The molecule has 5 aromatic rings. The molecule has 3 heterocycles. The molecule has 0 spiro atoms. The Morgan fingerprint density at radius 2 is 1.76 bits per heavy atom. The highest BCUT2D eigenvalue weighted by molar-refractivity contribution is 7.98. The molecule has 0 fully saturated rings. The number of rotatable bonds is 7. The second-order valence-electron chi connectivity index (χ2n) is 8.61. The molecule has 0 aliphatic carbocycles. The SMILES string of the molecule is CCCCCn1c(=O)c2ccccc2n2c(SCc3cc(=O)oc4cc(C)c(C)cc34)nnc12. The van der Waals surface area contributed by atoms with Crippen LogP contribution in [0.15, 0.2) is 61.6 Å². The third-order valence-electron chi connectivity index (χ3n) is 6.26. The minimum Gasteiger partial charge on any atom is -0.423 e. The number of fused-ring (bicyclic) bond motifs is 4. The molecule has 0 N–H and O–H groups in total. The fraction of sp³-hybridized carbons (Fsp3) is 0.308. The molecule has 2 aromatic carbocycles. The van der Waals surface area contributed by atoms with Gasteiger partial charge in [-0.1, -0.05) is 43.7 Å². The molecule has 7 nitrogen and oxygen atoms in total. The van der Waals surface area contributed by atoms with Crippen molar-refractivity contribution in [2.75, 3.05) is 0 Å². The Bertz CT molecular complexity index is 1650. The van der Waals surface area contributed by atoms with Gasteiger partial charge in [0.25, 0.3) is 5.56 Å². The molecular formula is C26H26N4O3S. The van der Waals surface area contributed by atoms with Crippen LogP contribution in [0.3, 0.4) is 0 Å². The molecule has 174 valence electrons. The summed E-state index contributed by atoms with van der Waals surface area (Å²) in [6.07, 6.45) is 3.03. The number of hydrogen-bond acceptors (Lipinski definition) is 6. The van der Waals surface area contributed by atoms with E-state index in [1.54, 1.807) is 10.6 Å². The fourth-order valence-corrected chi connectivity index (χ4v) is 5.22. The van der Waals surface area contributed by atoms with Gasteiger partial charge in [-0.2, -0.15) is 0 Å². The largest absolute Gasteiger partial charge is 0.423 e. The van der Waals surface area contributed by atoms with Gasteiger partial charge >= 0.3 is 5.63 Å². The predicted molar refractivity (Wildman–Crippen MR) is 136 cm³/mol. The summed E-state index contributed by atoms with van der Waals surface area (Å²) in [5, 5.41) is 11.1. The average molecular weight is 475 g/mol. The van der Waals surface area contributed by atoms with E-state index in [1.165, 1.54) is 11.8 Å². The van der Waals surface area contributed by atoms with E-state index >= 15 is 0 Å². The van der Waals surface area contributed by atoms with E-state index in [2.05, 4.69) is 23.2 Å². The van der Waals surface area contributed by atoms with Crippen LogP contribution < -0.4 is 11.2 Å². The zero-order chi connectivity index (χ0) is 23.8. The van der Waals surface area contributed by atoms with Crippen LogP contribution in [0, 0.1) is 13.8 Å². The summed E-state index contributed by atoms with van der Waals surface area (Å²) < 4.78 is 9.13. The molecule has 0 aliphatic heterocycles. The summed E-state index contributed by atoms with van der Waals surface area (Å²) in [6, 6.07) is 13.1. The van der Waals surface area contributed by atoms with Gasteiger partial charge in [-0.15, -0.1) is 10.2 Å². The van der Waals surface area contributed by atoms with E-state index in [-0.39, 0.29) is 11.2 Å². The predicted octanol–water partition coefficient (Wildman–Crippen LogP) is 5.25. The molecular weight excluding hydrogens is 448 g/mol.